The average Bonchev–Trinajstić information content (AvgIpc) is 2.87. The molecule has 1 aromatic heterocycles. The summed E-state index contributed by atoms with van der Waals surface area (Å²) in [6.45, 7) is 8.03. The van der Waals surface area contributed by atoms with Gasteiger partial charge in [-0.25, -0.2) is 4.79 Å². The second kappa shape index (κ2) is 8.53. The van der Waals surface area contributed by atoms with Crippen LogP contribution in [0.15, 0.2) is 30.3 Å². The molecule has 7 heteroatoms. The molecule has 0 aliphatic heterocycles. The molecular weight excluding hydrogens is 320 g/mol. The first-order chi connectivity index (χ1) is 11.9. The quantitative estimate of drug-likeness (QED) is 0.719. The Morgan fingerprint density at radius 1 is 1.28 bits per heavy atom. The minimum Gasteiger partial charge on any atom is -0.491 e. The standard InChI is InChI=1S/C18H26N4O3/c1-12(2)22-14(4)17(13(3)21-22)20-18(24)19-10-15(23)11-25-16-8-6-5-7-9-16/h5-9,12,15,23H,10-11H2,1-4H3,(H2,19,20,24)/t15-/m0/s1. The molecule has 0 bridgehead atoms. The number of benzene rings is 1. The summed E-state index contributed by atoms with van der Waals surface area (Å²) in [5.41, 5.74) is 2.35. The summed E-state index contributed by atoms with van der Waals surface area (Å²) in [5.74, 6) is 0.679. The lowest BCUT2D eigenvalue weighted by molar-refractivity contribution is 0.108. The Balaban J connectivity index is 1.80. The van der Waals surface area contributed by atoms with Crippen molar-refractivity contribution in [1.82, 2.24) is 15.1 Å². The average molecular weight is 346 g/mol. The van der Waals surface area contributed by atoms with Crippen LogP contribution in [0.4, 0.5) is 10.5 Å². The Hall–Kier alpha value is -2.54. The van der Waals surface area contributed by atoms with Crippen LogP contribution < -0.4 is 15.4 Å². The fourth-order valence-electron chi connectivity index (χ4n) is 2.48. The number of rotatable bonds is 7. The van der Waals surface area contributed by atoms with E-state index in [4.69, 9.17) is 4.74 Å². The van der Waals surface area contributed by atoms with Gasteiger partial charge in [0.2, 0.25) is 0 Å². The fraction of sp³-hybridized carbons (Fsp3) is 0.444. The molecule has 25 heavy (non-hydrogen) atoms. The number of anilines is 1. The summed E-state index contributed by atoms with van der Waals surface area (Å²) < 4.78 is 7.32. The van der Waals surface area contributed by atoms with Gasteiger partial charge in [0.05, 0.1) is 17.1 Å². The van der Waals surface area contributed by atoms with E-state index in [1.165, 1.54) is 0 Å². The zero-order chi connectivity index (χ0) is 18.4. The Bertz CT molecular complexity index is 698. The minimum absolute atomic E-state index is 0.0923. The van der Waals surface area contributed by atoms with Gasteiger partial charge >= 0.3 is 6.03 Å². The summed E-state index contributed by atoms with van der Waals surface area (Å²) in [4.78, 5) is 12.1. The second-order valence-corrected chi connectivity index (χ2v) is 6.20. The van der Waals surface area contributed by atoms with Gasteiger partial charge in [-0.3, -0.25) is 4.68 Å². The molecule has 2 aromatic rings. The van der Waals surface area contributed by atoms with E-state index in [-0.39, 0.29) is 25.2 Å². The van der Waals surface area contributed by atoms with E-state index in [1.54, 1.807) is 0 Å². The molecule has 0 radical (unpaired) electrons. The molecule has 136 valence electrons. The van der Waals surface area contributed by atoms with Crippen molar-refractivity contribution in [3.05, 3.63) is 41.7 Å². The number of urea groups is 1. The molecule has 0 saturated carbocycles. The maximum Gasteiger partial charge on any atom is 0.319 e. The molecule has 1 heterocycles. The molecule has 3 N–H and O–H groups in total. The molecule has 1 atom stereocenters. The molecule has 7 nitrogen and oxygen atoms in total. The number of aliphatic hydroxyl groups is 1. The first-order valence-electron chi connectivity index (χ1n) is 8.35. The Kier molecular flexibility index (Phi) is 6.41. The molecule has 0 unspecified atom stereocenters. The Morgan fingerprint density at radius 3 is 2.56 bits per heavy atom. The van der Waals surface area contributed by atoms with Crippen molar-refractivity contribution in [2.45, 2.75) is 39.8 Å². The van der Waals surface area contributed by atoms with Gasteiger partial charge in [-0.05, 0) is 39.8 Å². The lowest BCUT2D eigenvalue weighted by atomic mass is 10.3. The second-order valence-electron chi connectivity index (χ2n) is 6.20. The summed E-state index contributed by atoms with van der Waals surface area (Å²) in [6.07, 6.45) is -0.800. The van der Waals surface area contributed by atoms with Gasteiger partial charge in [0, 0.05) is 12.6 Å². The van der Waals surface area contributed by atoms with Crippen LogP contribution in [0, 0.1) is 13.8 Å². The topological polar surface area (TPSA) is 88.4 Å². The zero-order valence-electron chi connectivity index (χ0n) is 15.1. The lowest BCUT2D eigenvalue weighted by Gasteiger charge is -2.14. The van der Waals surface area contributed by atoms with Crippen LogP contribution in [0.2, 0.25) is 0 Å². The van der Waals surface area contributed by atoms with E-state index in [0.717, 1.165) is 11.4 Å². The van der Waals surface area contributed by atoms with Gasteiger partial charge in [-0.2, -0.15) is 5.10 Å². The van der Waals surface area contributed by atoms with Gasteiger partial charge in [-0.1, -0.05) is 18.2 Å². The molecule has 0 spiro atoms. The molecule has 0 saturated heterocycles. The van der Waals surface area contributed by atoms with Crippen LogP contribution in [0.25, 0.3) is 0 Å². The Morgan fingerprint density at radius 2 is 1.96 bits per heavy atom. The smallest absolute Gasteiger partial charge is 0.319 e. The number of aryl methyl sites for hydroxylation is 1. The van der Waals surface area contributed by atoms with E-state index < -0.39 is 6.10 Å². The maximum absolute atomic E-state index is 12.1. The molecular formula is C18H26N4O3. The summed E-state index contributed by atoms with van der Waals surface area (Å²) in [6, 6.07) is 9.06. The van der Waals surface area contributed by atoms with Crippen molar-refractivity contribution in [1.29, 1.82) is 0 Å². The summed E-state index contributed by atoms with van der Waals surface area (Å²) in [7, 11) is 0. The van der Waals surface area contributed by atoms with E-state index in [9.17, 15) is 9.90 Å². The summed E-state index contributed by atoms with van der Waals surface area (Å²) in [5, 5.41) is 19.8. The molecule has 0 aliphatic carbocycles. The number of nitrogens with one attached hydrogen (secondary N) is 2. The highest BCUT2D eigenvalue weighted by Crippen LogP contribution is 2.22. The third-order valence-electron chi connectivity index (χ3n) is 3.74. The van der Waals surface area contributed by atoms with Crippen LogP contribution >= 0.6 is 0 Å². The number of nitrogens with zero attached hydrogens (tertiary/aromatic N) is 2. The predicted molar refractivity (Wildman–Crippen MR) is 97.1 cm³/mol. The van der Waals surface area contributed by atoms with Crippen LogP contribution in [0.5, 0.6) is 5.75 Å². The lowest BCUT2D eigenvalue weighted by Crippen LogP contribution is -2.37. The van der Waals surface area contributed by atoms with Crippen LogP contribution in [0.3, 0.4) is 0 Å². The van der Waals surface area contributed by atoms with Gasteiger partial charge in [-0.15, -0.1) is 0 Å². The fourth-order valence-corrected chi connectivity index (χ4v) is 2.48. The molecule has 0 fully saturated rings. The normalized spacial score (nSPS) is 12.1. The van der Waals surface area contributed by atoms with Crippen LogP contribution in [-0.2, 0) is 0 Å². The minimum atomic E-state index is -0.800. The number of hydrogen-bond acceptors (Lipinski definition) is 4. The largest absolute Gasteiger partial charge is 0.491 e. The number of carbonyl (C=O) groups excluding carboxylic acids is 1. The third kappa shape index (κ3) is 5.22. The number of hydrogen-bond donors (Lipinski definition) is 3. The van der Waals surface area contributed by atoms with Crippen molar-refractivity contribution in [3.63, 3.8) is 0 Å². The molecule has 2 rings (SSSR count). The monoisotopic (exact) mass is 346 g/mol. The Labute approximate surface area is 148 Å². The van der Waals surface area contributed by atoms with Gasteiger partial charge < -0.3 is 20.5 Å². The zero-order valence-corrected chi connectivity index (χ0v) is 15.1. The number of aliphatic hydroxyl groups excluding tert-OH is 1. The van der Waals surface area contributed by atoms with Crippen molar-refractivity contribution in [2.75, 3.05) is 18.5 Å². The van der Waals surface area contributed by atoms with E-state index >= 15 is 0 Å². The van der Waals surface area contributed by atoms with E-state index in [1.807, 2.05) is 62.7 Å². The van der Waals surface area contributed by atoms with E-state index in [0.29, 0.717) is 11.4 Å². The molecule has 2 amide bonds. The highest BCUT2D eigenvalue weighted by molar-refractivity contribution is 5.90. The highest BCUT2D eigenvalue weighted by atomic mass is 16.5. The van der Waals surface area contributed by atoms with Crippen LogP contribution in [0.1, 0.15) is 31.3 Å². The maximum atomic E-state index is 12.1. The number of carbonyl (C=O) groups is 1. The number of para-hydroxylation sites is 1. The number of ether oxygens (including phenoxy) is 1. The number of amides is 2. The first kappa shape index (κ1) is 18.8. The van der Waals surface area contributed by atoms with Gasteiger partial charge in [0.25, 0.3) is 0 Å². The van der Waals surface area contributed by atoms with Gasteiger partial charge in [0.15, 0.2) is 0 Å². The van der Waals surface area contributed by atoms with Crippen molar-refractivity contribution in [2.24, 2.45) is 0 Å². The summed E-state index contributed by atoms with van der Waals surface area (Å²) >= 11 is 0. The van der Waals surface area contributed by atoms with Crippen LogP contribution in [-0.4, -0.2) is 40.2 Å². The van der Waals surface area contributed by atoms with Gasteiger partial charge in [0.1, 0.15) is 18.5 Å². The SMILES string of the molecule is Cc1nn(C(C)C)c(C)c1NC(=O)NC[C@H](O)COc1ccccc1. The van der Waals surface area contributed by atoms with E-state index in [2.05, 4.69) is 15.7 Å². The van der Waals surface area contributed by atoms with Crippen molar-refractivity contribution in [3.8, 4) is 5.75 Å². The van der Waals surface area contributed by atoms with Crippen molar-refractivity contribution >= 4 is 11.7 Å². The highest BCUT2D eigenvalue weighted by Gasteiger charge is 2.16. The first-order valence-corrected chi connectivity index (χ1v) is 8.35. The predicted octanol–water partition coefficient (Wildman–Crippen LogP) is 2.64. The molecule has 0 aliphatic rings. The molecule has 1 aromatic carbocycles. The third-order valence-corrected chi connectivity index (χ3v) is 3.74. The number of aromatic nitrogens is 2. The van der Waals surface area contributed by atoms with Crippen molar-refractivity contribution < 1.29 is 14.6 Å².